The Hall–Kier alpha value is -2.22. The van der Waals surface area contributed by atoms with Crippen molar-refractivity contribution in [2.75, 3.05) is 23.3 Å². The maximum atomic E-state index is 4.15. The average Bonchev–Trinajstić information content (AvgIpc) is 2.70. The zero-order valence-corrected chi connectivity index (χ0v) is 20.4. The van der Waals surface area contributed by atoms with Crippen LogP contribution in [0.2, 0.25) is 0 Å². The Morgan fingerprint density at radius 2 is 1.13 bits per heavy atom. The first kappa shape index (κ1) is 24.1. The molecule has 0 saturated heterocycles. The first-order chi connectivity index (χ1) is 14.2. The Bertz CT molecular complexity index is 778. The summed E-state index contributed by atoms with van der Waals surface area (Å²) in [6.45, 7) is 24.1. The van der Waals surface area contributed by atoms with Gasteiger partial charge in [0, 0.05) is 24.5 Å². The lowest BCUT2D eigenvalue weighted by molar-refractivity contribution is 0.808. The molecule has 2 heteroatoms. The molecule has 0 aliphatic carbocycles. The van der Waals surface area contributed by atoms with E-state index >= 15 is 0 Å². The van der Waals surface area contributed by atoms with Crippen LogP contribution in [-0.2, 0) is 0 Å². The molecular formula is C28H42N2. The maximum absolute atomic E-state index is 4.15. The maximum Gasteiger partial charge on any atom is 0.0476 e. The molecule has 0 atom stereocenters. The van der Waals surface area contributed by atoms with E-state index in [1.54, 1.807) is 0 Å². The highest BCUT2D eigenvalue weighted by molar-refractivity contribution is 5.64. The fourth-order valence-corrected chi connectivity index (χ4v) is 4.19. The van der Waals surface area contributed by atoms with E-state index in [1.807, 2.05) is 6.20 Å². The van der Waals surface area contributed by atoms with Crippen molar-refractivity contribution in [3.63, 3.8) is 0 Å². The fourth-order valence-electron chi connectivity index (χ4n) is 4.19. The molecule has 0 aromatic heterocycles. The Morgan fingerprint density at radius 1 is 0.733 bits per heavy atom. The largest absolute Gasteiger partial charge is 0.383 e. The number of rotatable bonds is 10. The van der Waals surface area contributed by atoms with Gasteiger partial charge in [-0.25, -0.2) is 0 Å². The topological polar surface area (TPSA) is 15.3 Å². The van der Waals surface area contributed by atoms with Crippen LogP contribution in [0, 0.1) is 0 Å². The summed E-state index contributed by atoms with van der Waals surface area (Å²) in [5.74, 6) is 1.94. The highest BCUT2D eigenvalue weighted by atomic mass is 15.1. The molecule has 0 heterocycles. The predicted octanol–water partition coefficient (Wildman–Crippen LogP) is 8.24. The summed E-state index contributed by atoms with van der Waals surface area (Å²) < 4.78 is 0. The molecule has 2 rings (SSSR count). The molecule has 0 fully saturated rings. The minimum absolute atomic E-state index is 0.475. The smallest absolute Gasteiger partial charge is 0.0476 e. The van der Waals surface area contributed by atoms with Gasteiger partial charge in [0.05, 0.1) is 0 Å². The van der Waals surface area contributed by atoms with Crippen molar-refractivity contribution >= 4 is 11.4 Å². The molecule has 0 aliphatic heterocycles. The van der Waals surface area contributed by atoms with Gasteiger partial charge in [0.1, 0.15) is 0 Å². The highest BCUT2D eigenvalue weighted by Gasteiger charge is 2.18. The second-order valence-electron chi connectivity index (χ2n) is 9.52. The van der Waals surface area contributed by atoms with Gasteiger partial charge < -0.3 is 10.2 Å². The van der Waals surface area contributed by atoms with Crippen molar-refractivity contribution < 1.29 is 0 Å². The van der Waals surface area contributed by atoms with Gasteiger partial charge in [0.15, 0.2) is 0 Å². The van der Waals surface area contributed by atoms with Crippen molar-refractivity contribution in [3.8, 4) is 0 Å². The molecule has 30 heavy (non-hydrogen) atoms. The number of hydrogen-bond donors (Lipinski definition) is 1. The molecule has 0 unspecified atom stereocenters. The van der Waals surface area contributed by atoms with Gasteiger partial charge >= 0.3 is 0 Å². The van der Waals surface area contributed by atoms with Crippen LogP contribution >= 0.6 is 0 Å². The molecular weight excluding hydrogens is 364 g/mol. The van der Waals surface area contributed by atoms with Gasteiger partial charge in [-0.05, 0) is 52.1 Å². The van der Waals surface area contributed by atoms with Gasteiger partial charge in [-0.15, -0.1) is 0 Å². The lowest BCUT2D eigenvalue weighted by Gasteiger charge is -2.29. The van der Waals surface area contributed by atoms with Crippen LogP contribution in [0.25, 0.3) is 0 Å². The number of nitrogens with one attached hydrogen (secondary N) is 1. The van der Waals surface area contributed by atoms with E-state index in [0.717, 1.165) is 13.1 Å². The van der Waals surface area contributed by atoms with Gasteiger partial charge in [0.2, 0.25) is 0 Å². The van der Waals surface area contributed by atoms with Crippen LogP contribution in [0.1, 0.15) is 101 Å². The fraction of sp³-hybridized carbons (Fsp3) is 0.500. The lowest BCUT2D eigenvalue weighted by Crippen LogP contribution is -2.26. The normalized spacial score (nSPS) is 11.6. The zero-order chi connectivity index (χ0) is 22.4. The summed E-state index contributed by atoms with van der Waals surface area (Å²) in [7, 11) is 0. The summed E-state index contributed by atoms with van der Waals surface area (Å²) in [4.78, 5) is 2.34. The molecule has 0 amide bonds. The Labute approximate surface area is 185 Å². The summed E-state index contributed by atoms with van der Waals surface area (Å²) in [6.07, 6.45) is 1.99. The number of nitrogens with zero attached hydrogens (tertiary/aromatic N) is 1. The SMILES string of the molecule is C=CN(CCNc1c(C(C)C)cccc1C(C)C)c1c(C(C)C)cccc1C(C)C. The van der Waals surface area contributed by atoms with E-state index < -0.39 is 0 Å². The monoisotopic (exact) mass is 406 g/mol. The van der Waals surface area contributed by atoms with E-state index in [-0.39, 0.29) is 0 Å². The first-order valence-electron chi connectivity index (χ1n) is 11.6. The van der Waals surface area contributed by atoms with Crippen LogP contribution < -0.4 is 10.2 Å². The van der Waals surface area contributed by atoms with E-state index in [1.165, 1.54) is 33.6 Å². The second kappa shape index (κ2) is 10.7. The third kappa shape index (κ3) is 5.47. The Balaban J connectivity index is 2.32. The molecule has 0 radical (unpaired) electrons. The minimum atomic E-state index is 0.475. The molecule has 0 bridgehead atoms. The molecule has 1 N–H and O–H groups in total. The van der Waals surface area contributed by atoms with Crippen molar-refractivity contribution in [3.05, 3.63) is 71.4 Å². The molecule has 0 spiro atoms. The Morgan fingerprint density at radius 3 is 1.50 bits per heavy atom. The van der Waals surface area contributed by atoms with Crippen LogP contribution in [0.4, 0.5) is 11.4 Å². The van der Waals surface area contributed by atoms with Gasteiger partial charge in [0.25, 0.3) is 0 Å². The molecule has 2 aromatic carbocycles. The number of hydrogen-bond acceptors (Lipinski definition) is 2. The first-order valence-corrected chi connectivity index (χ1v) is 11.6. The van der Waals surface area contributed by atoms with E-state index in [2.05, 4.69) is 109 Å². The lowest BCUT2D eigenvalue weighted by atomic mass is 9.92. The quantitative estimate of drug-likeness (QED) is 0.427. The van der Waals surface area contributed by atoms with Crippen LogP contribution in [0.3, 0.4) is 0 Å². The number of anilines is 2. The standard InChI is InChI=1S/C28H42N2/c1-10-30(28-25(21(6)7)15-12-16-26(28)22(8)9)18-17-29-27-23(19(2)3)13-11-14-24(27)20(4)5/h10-16,19-22,29H,1,17-18H2,2-9H3. The summed E-state index contributed by atoms with van der Waals surface area (Å²) >= 11 is 0. The molecule has 0 saturated carbocycles. The molecule has 2 nitrogen and oxygen atoms in total. The van der Waals surface area contributed by atoms with Crippen molar-refractivity contribution in [1.82, 2.24) is 0 Å². The number of benzene rings is 2. The van der Waals surface area contributed by atoms with Gasteiger partial charge in [-0.2, -0.15) is 0 Å². The molecule has 2 aromatic rings. The second-order valence-corrected chi connectivity index (χ2v) is 9.52. The molecule has 0 aliphatic rings. The molecule has 164 valence electrons. The summed E-state index contributed by atoms with van der Waals surface area (Å²) in [5, 5.41) is 3.79. The zero-order valence-electron chi connectivity index (χ0n) is 20.4. The Kier molecular flexibility index (Phi) is 8.58. The third-order valence-corrected chi connectivity index (χ3v) is 5.88. The minimum Gasteiger partial charge on any atom is -0.383 e. The number of para-hydroxylation sites is 2. The summed E-state index contributed by atoms with van der Waals surface area (Å²) in [6, 6.07) is 13.4. The van der Waals surface area contributed by atoms with Gasteiger partial charge in [-0.1, -0.05) is 98.4 Å². The van der Waals surface area contributed by atoms with E-state index in [4.69, 9.17) is 0 Å². The summed E-state index contributed by atoms with van der Waals surface area (Å²) in [5.41, 5.74) is 8.24. The van der Waals surface area contributed by atoms with Crippen molar-refractivity contribution in [1.29, 1.82) is 0 Å². The highest BCUT2D eigenvalue weighted by Crippen LogP contribution is 2.36. The van der Waals surface area contributed by atoms with Crippen LogP contribution in [0.15, 0.2) is 49.2 Å². The van der Waals surface area contributed by atoms with Gasteiger partial charge in [-0.3, -0.25) is 0 Å². The van der Waals surface area contributed by atoms with E-state index in [0.29, 0.717) is 23.7 Å². The average molecular weight is 407 g/mol. The van der Waals surface area contributed by atoms with E-state index in [9.17, 15) is 0 Å². The predicted molar refractivity (Wildman–Crippen MR) is 135 cm³/mol. The third-order valence-electron chi connectivity index (χ3n) is 5.88. The van der Waals surface area contributed by atoms with Crippen LogP contribution in [-0.4, -0.2) is 13.1 Å². The van der Waals surface area contributed by atoms with Crippen LogP contribution in [0.5, 0.6) is 0 Å². The van der Waals surface area contributed by atoms with Crippen molar-refractivity contribution in [2.24, 2.45) is 0 Å². The van der Waals surface area contributed by atoms with Crippen molar-refractivity contribution in [2.45, 2.75) is 79.1 Å².